The third-order valence-corrected chi connectivity index (χ3v) is 3.48. The number of nitrogens with zero attached hydrogens (tertiary/aromatic N) is 1. The van der Waals surface area contributed by atoms with Gasteiger partial charge in [-0.2, -0.15) is 0 Å². The topological polar surface area (TPSA) is 114 Å². The van der Waals surface area contributed by atoms with Gasteiger partial charge in [-0.15, -0.1) is 0 Å². The van der Waals surface area contributed by atoms with E-state index in [2.05, 4.69) is 5.32 Å². The molecule has 0 aromatic heterocycles. The smallest absolute Gasteiger partial charge is 0.411 e. The number of carbonyl (C=O) groups excluding carboxylic acids is 2. The van der Waals surface area contributed by atoms with E-state index in [0.29, 0.717) is 13.2 Å². The molecule has 1 aliphatic heterocycles. The second-order valence-corrected chi connectivity index (χ2v) is 6.84. The standard InChI is InChI=1S/C16H28N2O7/c1-16(2,3)25-15(22)18-10-11(9-12(18)14(20)21)17-13(19)5-6-24-8-7-23-4/h11-12H,5-10H2,1-4H3,(H,17,19)(H,20,21). The largest absolute Gasteiger partial charge is 0.480 e. The molecular formula is C16H28N2O7. The van der Waals surface area contributed by atoms with E-state index in [-0.39, 0.29) is 31.9 Å². The van der Waals surface area contributed by atoms with E-state index in [9.17, 15) is 19.5 Å². The molecule has 9 heteroatoms. The molecule has 0 aliphatic carbocycles. The number of ether oxygens (including phenoxy) is 3. The van der Waals surface area contributed by atoms with Crippen molar-refractivity contribution in [3.63, 3.8) is 0 Å². The predicted octanol–water partition coefficient (Wildman–Crippen LogP) is 0.618. The molecule has 0 saturated carbocycles. The normalized spacial score (nSPS) is 20.4. The van der Waals surface area contributed by atoms with E-state index < -0.39 is 29.7 Å². The van der Waals surface area contributed by atoms with E-state index in [4.69, 9.17) is 14.2 Å². The lowest BCUT2D eigenvalue weighted by Crippen LogP contribution is -2.44. The van der Waals surface area contributed by atoms with Crippen LogP contribution in [0.1, 0.15) is 33.6 Å². The zero-order valence-electron chi connectivity index (χ0n) is 15.2. The summed E-state index contributed by atoms with van der Waals surface area (Å²) in [5, 5.41) is 12.1. The van der Waals surface area contributed by atoms with Crippen molar-refractivity contribution in [2.45, 2.75) is 51.3 Å². The molecule has 25 heavy (non-hydrogen) atoms. The summed E-state index contributed by atoms with van der Waals surface area (Å²) in [7, 11) is 1.56. The molecule has 1 aliphatic rings. The first-order valence-corrected chi connectivity index (χ1v) is 8.22. The first-order chi connectivity index (χ1) is 11.6. The van der Waals surface area contributed by atoms with Crippen LogP contribution in [0.2, 0.25) is 0 Å². The van der Waals surface area contributed by atoms with Gasteiger partial charge in [0.2, 0.25) is 5.91 Å². The molecule has 1 heterocycles. The van der Waals surface area contributed by atoms with Crippen molar-refractivity contribution in [3.8, 4) is 0 Å². The Labute approximate surface area is 147 Å². The van der Waals surface area contributed by atoms with Crippen molar-refractivity contribution in [2.24, 2.45) is 0 Å². The summed E-state index contributed by atoms with van der Waals surface area (Å²) in [6.07, 6.45) is -0.394. The Morgan fingerprint density at radius 1 is 1.20 bits per heavy atom. The Bertz CT molecular complexity index is 476. The fraction of sp³-hybridized carbons (Fsp3) is 0.812. The van der Waals surface area contributed by atoms with Crippen LogP contribution in [0.4, 0.5) is 4.79 Å². The maximum Gasteiger partial charge on any atom is 0.411 e. The lowest BCUT2D eigenvalue weighted by Gasteiger charge is -2.26. The highest BCUT2D eigenvalue weighted by Crippen LogP contribution is 2.21. The molecule has 2 unspecified atom stereocenters. The van der Waals surface area contributed by atoms with Crippen LogP contribution in [0, 0.1) is 0 Å². The number of hydrogen-bond donors (Lipinski definition) is 2. The zero-order valence-corrected chi connectivity index (χ0v) is 15.2. The van der Waals surface area contributed by atoms with Crippen LogP contribution in [0.3, 0.4) is 0 Å². The monoisotopic (exact) mass is 360 g/mol. The van der Waals surface area contributed by atoms with Crippen LogP contribution in [-0.4, -0.2) is 79.1 Å². The van der Waals surface area contributed by atoms with Crippen LogP contribution in [-0.2, 0) is 23.8 Å². The number of rotatable bonds is 8. The van der Waals surface area contributed by atoms with E-state index in [1.807, 2.05) is 0 Å². The fourth-order valence-corrected chi connectivity index (χ4v) is 2.41. The highest BCUT2D eigenvalue weighted by molar-refractivity contribution is 5.82. The highest BCUT2D eigenvalue weighted by atomic mass is 16.6. The molecule has 1 rings (SSSR count). The van der Waals surface area contributed by atoms with Crippen molar-refractivity contribution < 1.29 is 33.7 Å². The van der Waals surface area contributed by atoms with Crippen LogP contribution >= 0.6 is 0 Å². The average Bonchev–Trinajstić information content (AvgIpc) is 2.89. The number of nitrogens with one attached hydrogen (secondary N) is 1. The van der Waals surface area contributed by atoms with Gasteiger partial charge in [0.1, 0.15) is 11.6 Å². The Hall–Kier alpha value is -1.87. The molecule has 1 saturated heterocycles. The molecule has 0 aromatic carbocycles. The number of methoxy groups -OCH3 is 1. The minimum atomic E-state index is -1.12. The predicted molar refractivity (Wildman–Crippen MR) is 88.2 cm³/mol. The molecular weight excluding hydrogens is 332 g/mol. The van der Waals surface area contributed by atoms with Crippen LogP contribution in [0.15, 0.2) is 0 Å². The lowest BCUT2D eigenvalue weighted by atomic mass is 10.1. The number of amides is 2. The molecule has 2 amide bonds. The lowest BCUT2D eigenvalue weighted by molar-refractivity contribution is -0.142. The minimum absolute atomic E-state index is 0.0994. The Morgan fingerprint density at radius 2 is 1.88 bits per heavy atom. The number of likely N-dealkylation sites (tertiary alicyclic amines) is 1. The Balaban J connectivity index is 2.50. The zero-order chi connectivity index (χ0) is 19.0. The maximum atomic E-state index is 12.2. The molecule has 0 aromatic rings. The maximum absolute atomic E-state index is 12.2. The van der Waals surface area contributed by atoms with E-state index in [1.165, 1.54) is 0 Å². The minimum Gasteiger partial charge on any atom is -0.480 e. The molecule has 9 nitrogen and oxygen atoms in total. The summed E-state index contributed by atoms with van der Waals surface area (Å²) in [6, 6.07) is -1.45. The van der Waals surface area contributed by atoms with Crippen molar-refractivity contribution >= 4 is 18.0 Å². The molecule has 0 radical (unpaired) electrons. The van der Waals surface area contributed by atoms with Crippen LogP contribution in [0.5, 0.6) is 0 Å². The second kappa shape index (κ2) is 9.57. The van der Waals surface area contributed by atoms with Gasteiger partial charge in [-0.25, -0.2) is 9.59 Å². The van der Waals surface area contributed by atoms with E-state index in [1.54, 1.807) is 27.9 Å². The summed E-state index contributed by atoms with van der Waals surface area (Å²) >= 11 is 0. The Morgan fingerprint density at radius 3 is 2.44 bits per heavy atom. The first kappa shape index (κ1) is 21.2. The molecule has 0 bridgehead atoms. The van der Waals surface area contributed by atoms with Crippen molar-refractivity contribution in [1.29, 1.82) is 0 Å². The van der Waals surface area contributed by atoms with E-state index >= 15 is 0 Å². The van der Waals surface area contributed by atoms with Gasteiger partial charge < -0.3 is 24.6 Å². The Kier molecular flexibility index (Phi) is 8.11. The van der Waals surface area contributed by atoms with Crippen LogP contribution in [0.25, 0.3) is 0 Å². The molecule has 2 atom stereocenters. The number of hydrogen-bond acceptors (Lipinski definition) is 6. The van der Waals surface area contributed by atoms with Crippen LogP contribution < -0.4 is 5.32 Å². The van der Waals surface area contributed by atoms with E-state index in [0.717, 1.165) is 4.90 Å². The number of carboxylic acid groups (broad SMARTS) is 1. The van der Waals surface area contributed by atoms with Gasteiger partial charge >= 0.3 is 12.1 Å². The van der Waals surface area contributed by atoms with Gasteiger partial charge in [0.15, 0.2) is 0 Å². The molecule has 1 fully saturated rings. The average molecular weight is 360 g/mol. The third-order valence-electron chi connectivity index (χ3n) is 3.48. The van der Waals surface area contributed by atoms with Crippen molar-refractivity contribution in [1.82, 2.24) is 10.2 Å². The second-order valence-electron chi connectivity index (χ2n) is 6.84. The quantitative estimate of drug-likeness (QED) is 0.610. The van der Waals surface area contributed by atoms with Gasteiger partial charge in [0.05, 0.1) is 19.8 Å². The number of aliphatic carboxylic acids is 1. The van der Waals surface area contributed by atoms with Crippen molar-refractivity contribution in [2.75, 3.05) is 33.5 Å². The van der Waals surface area contributed by atoms with Gasteiger partial charge in [-0.1, -0.05) is 0 Å². The number of carbonyl (C=O) groups is 3. The van der Waals surface area contributed by atoms with Gasteiger partial charge in [-0.3, -0.25) is 9.69 Å². The summed E-state index contributed by atoms with van der Waals surface area (Å²) in [5.74, 6) is -1.37. The summed E-state index contributed by atoms with van der Waals surface area (Å²) in [4.78, 5) is 36.6. The summed E-state index contributed by atoms with van der Waals surface area (Å²) < 4.78 is 15.3. The SMILES string of the molecule is COCCOCCC(=O)NC1CC(C(=O)O)N(C(=O)OC(C)(C)C)C1. The first-order valence-electron chi connectivity index (χ1n) is 8.22. The summed E-state index contributed by atoms with van der Waals surface area (Å²) in [5.41, 5.74) is -0.721. The number of carboxylic acids is 1. The van der Waals surface area contributed by atoms with Crippen molar-refractivity contribution in [3.05, 3.63) is 0 Å². The van der Waals surface area contributed by atoms with Gasteiger partial charge in [-0.05, 0) is 20.8 Å². The summed E-state index contributed by atoms with van der Waals surface area (Å²) in [6.45, 7) is 6.33. The molecule has 144 valence electrons. The highest BCUT2D eigenvalue weighted by Gasteiger charge is 2.42. The third kappa shape index (κ3) is 7.70. The van der Waals surface area contributed by atoms with Gasteiger partial charge in [0, 0.05) is 32.5 Å². The fourth-order valence-electron chi connectivity index (χ4n) is 2.41. The molecule has 0 spiro atoms. The molecule has 2 N–H and O–H groups in total. The van der Waals surface area contributed by atoms with Gasteiger partial charge in [0.25, 0.3) is 0 Å².